The van der Waals surface area contributed by atoms with Gasteiger partial charge in [-0.05, 0) is 19.1 Å². The summed E-state index contributed by atoms with van der Waals surface area (Å²) >= 11 is 0. The van der Waals surface area contributed by atoms with E-state index < -0.39 is 0 Å². The zero-order valence-electron chi connectivity index (χ0n) is 6.56. The van der Waals surface area contributed by atoms with Gasteiger partial charge in [0.05, 0.1) is 0 Å². The van der Waals surface area contributed by atoms with E-state index in [-0.39, 0.29) is 11.5 Å². The van der Waals surface area contributed by atoms with E-state index in [4.69, 9.17) is 5.21 Å². The molecule has 62 valence electrons. The highest BCUT2D eigenvalue weighted by Crippen LogP contribution is 1.99. The Kier molecular flexibility index (Phi) is 2.53. The van der Waals surface area contributed by atoms with Crippen LogP contribution in [0.1, 0.15) is 17.3 Å². The molecule has 0 atom stereocenters. The van der Waals surface area contributed by atoms with Crippen LogP contribution >= 0.6 is 0 Å². The normalized spacial score (nSPS) is 11.2. The number of Topliss-reactive ketones (excluding diaryl/α,β-unsaturated/α-hetero) is 1. The van der Waals surface area contributed by atoms with Crippen molar-refractivity contribution in [2.75, 3.05) is 0 Å². The van der Waals surface area contributed by atoms with Gasteiger partial charge in [-0.2, -0.15) is 0 Å². The molecule has 0 amide bonds. The fourth-order valence-electron chi connectivity index (χ4n) is 0.758. The molecule has 0 saturated heterocycles. The summed E-state index contributed by atoms with van der Waals surface area (Å²) in [6.45, 7) is 1.45. The van der Waals surface area contributed by atoms with Gasteiger partial charge >= 0.3 is 0 Å². The number of carbonyl (C=O) groups is 1. The van der Waals surface area contributed by atoms with E-state index in [0.29, 0.717) is 5.56 Å². The summed E-state index contributed by atoms with van der Waals surface area (Å²) in [7, 11) is 0. The molecule has 1 aromatic rings. The standard InChI is InChI=1S/C8H8N2O2/c1-6(10-12)8(11)7-2-4-9-5-3-7/h2-5,12H,1H3. The van der Waals surface area contributed by atoms with Crippen LogP contribution in [0.2, 0.25) is 0 Å². The number of oxime groups is 1. The Bertz CT molecular complexity index is 306. The highest BCUT2D eigenvalue weighted by atomic mass is 16.4. The Morgan fingerprint density at radius 1 is 1.50 bits per heavy atom. The Balaban J connectivity index is 2.94. The van der Waals surface area contributed by atoms with Crippen molar-refractivity contribution in [3.8, 4) is 0 Å². The van der Waals surface area contributed by atoms with Crippen molar-refractivity contribution < 1.29 is 10.0 Å². The van der Waals surface area contributed by atoms with E-state index in [0.717, 1.165) is 0 Å². The Labute approximate surface area is 69.6 Å². The lowest BCUT2D eigenvalue weighted by Crippen LogP contribution is -2.10. The summed E-state index contributed by atoms with van der Waals surface area (Å²) in [6.07, 6.45) is 3.02. The maximum atomic E-state index is 11.3. The number of hydrogen-bond acceptors (Lipinski definition) is 4. The molecule has 12 heavy (non-hydrogen) atoms. The van der Waals surface area contributed by atoms with Crippen LogP contribution in [0.4, 0.5) is 0 Å². The van der Waals surface area contributed by atoms with Gasteiger partial charge in [0.25, 0.3) is 0 Å². The molecule has 1 N–H and O–H groups in total. The lowest BCUT2D eigenvalue weighted by Gasteiger charge is -1.95. The van der Waals surface area contributed by atoms with Gasteiger partial charge in [-0.15, -0.1) is 0 Å². The molecule has 0 saturated carbocycles. The fourth-order valence-corrected chi connectivity index (χ4v) is 0.758. The lowest BCUT2D eigenvalue weighted by molar-refractivity contribution is 0.106. The first-order valence-corrected chi connectivity index (χ1v) is 3.39. The van der Waals surface area contributed by atoms with E-state index >= 15 is 0 Å². The first-order chi connectivity index (χ1) is 5.75. The molecule has 0 spiro atoms. The maximum Gasteiger partial charge on any atom is 0.210 e. The Morgan fingerprint density at radius 3 is 2.58 bits per heavy atom. The SMILES string of the molecule is CC(=NO)C(=O)c1ccncc1. The minimum Gasteiger partial charge on any atom is -0.411 e. The van der Waals surface area contributed by atoms with Crippen LogP contribution in [0.5, 0.6) is 0 Å². The molecular weight excluding hydrogens is 156 g/mol. The predicted octanol–water partition coefficient (Wildman–Crippen LogP) is 1.11. The van der Waals surface area contributed by atoms with Gasteiger partial charge in [0.2, 0.25) is 5.78 Å². The van der Waals surface area contributed by atoms with E-state index in [1.165, 1.54) is 19.3 Å². The van der Waals surface area contributed by atoms with Crippen LogP contribution in [0.25, 0.3) is 0 Å². The highest BCUT2D eigenvalue weighted by molar-refractivity contribution is 6.45. The molecule has 0 aromatic carbocycles. The average molecular weight is 164 g/mol. The smallest absolute Gasteiger partial charge is 0.210 e. The third-order valence-electron chi connectivity index (χ3n) is 1.42. The zero-order valence-corrected chi connectivity index (χ0v) is 6.56. The number of aromatic nitrogens is 1. The number of ketones is 1. The van der Waals surface area contributed by atoms with Gasteiger partial charge in [-0.25, -0.2) is 0 Å². The summed E-state index contributed by atoms with van der Waals surface area (Å²) in [5.74, 6) is -0.292. The Hall–Kier alpha value is -1.71. The van der Waals surface area contributed by atoms with Crippen LogP contribution < -0.4 is 0 Å². The van der Waals surface area contributed by atoms with Crippen molar-refractivity contribution >= 4 is 11.5 Å². The first-order valence-electron chi connectivity index (χ1n) is 3.39. The average Bonchev–Trinajstić information content (AvgIpc) is 2.17. The van der Waals surface area contributed by atoms with Crippen LogP contribution in [0.3, 0.4) is 0 Å². The lowest BCUT2D eigenvalue weighted by atomic mass is 10.1. The molecule has 0 aliphatic heterocycles. The number of carbonyl (C=O) groups excluding carboxylic acids is 1. The monoisotopic (exact) mass is 164 g/mol. The van der Waals surface area contributed by atoms with E-state index in [1.54, 1.807) is 12.1 Å². The second kappa shape index (κ2) is 3.61. The van der Waals surface area contributed by atoms with Gasteiger partial charge in [0, 0.05) is 18.0 Å². The molecule has 4 nitrogen and oxygen atoms in total. The third-order valence-corrected chi connectivity index (χ3v) is 1.42. The molecule has 0 unspecified atom stereocenters. The van der Waals surface area contributed by atoms with E-state index in [9.17, 15) is 4.79 Å². The second-order valence-corrected chi connectivity index (χ2v) is 2.25. The van der Waals surface area contributed by atoms with E-state index in [1.807, 2.05) is 0 Å². The van der Waals surface area contributed by atoms with Gasteiger partial charge in [0.1, 0.15) is 5.71 Å². The van der Waals surface area contributed by atoms with Crippen molar-refractivity contribution in [1.82, 2.24) is 4.98 Å². The number of pyridine rings is 1. The van der Waals surface area contributed by atoms with Gasteiger partial charge < -0.3 is 5.21 Å². The van der Waals surface area contributed by atoms with E-state index in [2.05, 4.69) is 10.1 Å². The van der Waals surface area contributed by atoms with Crippen LogP contribution in [0.15, 0.2) is 29.7 Å². The van der Waals surface area contributed by atoms with Crippen LogP contribution in [0, 0.1) is 0 Å². The van der Waals surface area contributed by atoms with Gasteiger partial charge in [-0.1, -0.05) is 5.16 Å². The number of nitrogens with zero attached hydrogens (tertiary/aromatic N) is 2. The topological polar surface area (TPSA) is 62.6 Å². The van der Waals surface area contributed by atoms with Crippen molar-refractivity contribution in [2.24, 2.45) is 5.16 Å². The molecule has 1 heterocycles. The maximum absolute atomic E-state index is 11.3. The molecule has 0 aliphatic carbocycles. The fraction of sp³-hybridized carbons (Fsp3) is 0.125. The van der Waals surface area contributed by atoms with Crippen molar-refractivity contribution in [3.63, 3.8) is 0 Å². The summed E-state index contributed by atoms with van der Waals surface area (Å²) in [6, 6.07) is 3.13. The first kappa shape index (κ1) is 8.39. The van der Waals surface area contributed by atoms with Crippen LogP contribution in [-0.2, 0) is 0 Å². The van der Waals surface area contributed by atoms with Crippen LogP contribution in [-0.4, -0.2) is 21.7 Å². The number of hydrogen-bond donors (Lipinski definition) is 1. The second-order valence-electron chi connectivity index (χ2n) is 2.25. The molecular formula is C8H8N2O2. The summed E-state index contributed by atoms with van der Waals surface area (Å²) in [5, 5.41) is 11.1. The van der Waals surface area contributed by atoms with Gasteiger partial charge in [-0.3, -0.25) is 9.78 Å². The molecule has 0 aliphatic rings. The molecule has 0 bridgehead atoms. The largest absolute Gasteiger partial charge is 0.411 e. The van der Waals surface area contributed by atoms with Crippen molar-refractivity contribution in [2.45, 2.75) is 6.92 Å². The minimum absolute atomic E-state index is 0.0706. The quantitative estimate of drug-likeness (QED) is 0.308. The number of rotatable bonds is 2. The zero-order chi connectivity index (χ0) is 8.97. The summed E-state index contributed by atoms with van der Waals surface area (Å²) < 4.78 is 0. The Morgan fingerprint density at radius 2 is 2.08 bits per heavy atom. The predicted molar refractivity (Wildman–Crippen MR) is 43.5 cm³/mol. The van der Waals surface area contributed by atoms with Gasteiger partial charge in [0.15, 0.2) is 0 Å². The molecule has 4 heteroatoms. The highest BCUT2D eigenvalue weighted by Gasteiger charge is 2.08. The molecule has 0 radical (unpaired) electrons. The molecule has 1 rings (SSSR count). The third kappa shape index (κ3) is 1.66. The van der Waals surface area contributed by atoms with Crippen molar-refractivity contribution in [1.29, 1.82) is 0 Å². The van der Waals surface area contributed by atoms with Crippen molar-refractivity contribution in [3.05, 3.63) is 30.1 Å². The molecule has 0 fully saturated rings. The summed E-state index contributed by atoms with van der Waals surface area (Å²) in [4.78, 5) is 15.0. The molecule has 1 aromatic heterocycles. The minimum atomic E-state index is -0.292. The summed E-state index contributed by atoms with van der Waals surface area (Å²) in [5.41, 5.74) is 0.543.